The molecule has 8 N–H and O–H groups in total. The molecule has 4 heterocycles. The van der Waals surface area contributed by atoms with Crippen LogP contribution in [0.5, 0.6) is 5.75 Å². The summed E-state index contributed by atoms with van der Waals surface area (Å²) in [5.41, 5.74) is 4.55. The van der Waals surface area contributed by atoms with Crippen molar-refractivity contribution in [3.8, 4) is 17.6 Å². The van der Waals surface area contributed by atoms with Crippen LogP contribution in [0.3, 0.4) is 0 Å². The van der Waals surface area contributed by atoms with Crippen LogP contribution in [0.1, 0.15) is 52.2 Å². The van der Waals surface area contributed by atoms with Gasteiger partial charge in [0.15, 0.2) is 10.5 Å². The Kier molecular flexibility index (Phi) is 23.5. The number of pyridine rings is 3. The van der Waals surface area contributed by atoms with Gasteiger partial charge in [0.25, 0.3) is 20.2 Å². The first-order valence-electron chi connectivity index (χ1n) is 25.0. The van der Waals surface area contributed by atoms with Crippen molar-refractivity contribution in [3.05, 3.63) is 100.0 Å². The molecule has 5 atom stereocenters. The van der Waals surface area contributed by atoms with Crippen LogP contribution >= 0.6 is 22.1 Å². The van der Waals surface area contributed by atoms with Crippen LogP contribution in [0.4, 0.5) is 0 Å². The van der Waals surface area contributed by atoms with Crippen molar-refractivity contribution in [3.63, 3.8) is 0 Å². The van der Waals surface area contributed by atoms with Gasteiger partial charge in [-0.25, -0.2) is 15.0 Å². The van der Waals surface area contributed by atoms with E-state index in [1.54, 1.807) is 42.5 Å². The van der Waals surface area contributed by atoms with E-state index < -0.39 is 83.7 Å². The van der Waals surface area contributed by atoms with Crippen LogP contribution in [-0.4, -0.2) is 192 Å². The summed E-state index contributed by atoms with van der Waals surface area (Å²) in [6.07, 6.45) is -0.163. The molecule has 0 spiro atoms. The largest absolute Gasteiger partial charge is 0.494 e. The maximum Gasteiger partial charge on any atom is 0.278 e. The Balaban J connectivity index is 1.24. The second-order valence-corrected chi connectivity index (χ2v) is 29.4. The topological polar surface area (TPSA) is 366 Å². The molecule has 4 aromatic rings. The minimum absolute atomic E-state index is 0.0232. The fraction of sp³-hybridized carbons (Fsp3) is 0.469. The van der Waals surface area contributed by atoms with Crippen molar-refractivity contribution in [2.45, 2.75) is 63.1 Å². The molecular formula is C49H67BN9O16P3S2. The summed E-state index contributed by atoms with van der Waals surface area (Å²) in [6.45, 7) is 9.67. The van der Waals surface area contributed by atoms with Crippen LogP contribution in [-0.2, 0) is 67.9 Å². The summed E-state index contributed by atoms with van der Waals surface area (Å²) in [6, 6.07) is 16.8. The van der Waals surface area contributed by atoms with Gasteiger partial charge in [-0.1, -0.05) is 18.2 Å². The van der Waals surface area contributed by atoms with E-state index >= 15 is 0 Å². The zero-order chi connectivity index (χ0) is 59.2. The Morgan fingerprint density at radius 3 is 1.45 bits per heavy atom. The van der Waals surface area contributed by atoms with Crippen molar-refractivity contribution < 1.29 is 73.4 Å². The van der Waals surface area contributed by atoms with E-state index in [-0.39, 0.29) is 55.2 Å². The van der Waals surface area contributed by atoms with Gasteiger partial charge in [0, 0.05) is 116 Å². The predicted molar refractivity (Wildman–Crippen MR) is 302 cm³/mol. The molecule has 0 bridgehead atoms. The number of aryl methyl sites for hydroxylation is 2. The van der Waals surface area contributed by atoms with Crippen LogP contribution in [0.25, 0.3) is 0 Å². The maximum atomic E-state index is 13.1. The number of hydrogen-bond donors (Lipinski definition) is 8. The molecule has 80 heavy (non-hydrogen) atoms. The molecule has 3 aromatic heterocycles. The molecule has 0 saturated carbocycles. The molecule has 434 valence electrons. The van der Waals surface area contributed by atoms with E-state index in [9.17, 15) is 68.7 Å². The molecule has 1 saturated heterocycles. The Morgan fingerprint density at radius 1 is 0.625 bits per heavy atom. The van der Waals surface area contributed by atoms with Gasteiger partial charge in [-0.2, -0.15) is 16.8 Å². The summed E-state index contributed by atoms with van der Waals surface area (Å²) in [5, 5.41) is 1.75. The zero-order valence-corrected chi connectivity index (χ0v) is 49.2. The predicted octanol–water partition coefficient (Wildman–Crippen LogP) is -0.108. The average molecular weight is 1210 g/mol. The van der Waals surface area contributed by atoms with Gasteiger partial charge in [-0.3, -0.25) is 51.9 Å². The summed E-state index contributed by atoms with van der Waals surface area (Å²) < 4.78 is 111. The normalized spacial score (nSPS) is 17.1. The summed E-state index contributed by atoms with van der Waals surface area (Å²) >= 11 is 0. The van der Waals surface area contributed by atoms with Gasteiger partial charge in [-0.15, -0.1) is 0 Å². The third-order valence-electron chi connectivity index (χ3n) is 12.2. The van der Waals surface area contributed by atoms with E-state index in [4.69, 9.17) is 12.6 Å². The first-order chi connectivity index (χ1) is 37.3. The van der Waals surface area contributed by atoms with Crippen LogP contribution < -0.4 is 37.0 Å². The molecule has 3 amide bonds. The van der Waals surface area contributed by atoms with Crippen molar-refractivity contribution >= 4 is 84.2 Å². The molecule has 5 unspecified atom stereocenters. The molecule has 0 aliphatic carbocycles. The smallest absolute Gasteiger partial charge is 0.278 e. The van der Waals surface area contributed by atoms with Crippen molar-refractivity contribution in [1.29, 1.82) is 0 Å². The SMILES string of the molecule is [B]CCC(=O)NCC(C(=O)NCC(C(=O)NCCCOc1ccc(C#Cc2cc(CN3CCN(Cc4cc(C)cc(P(C)(=O)O)n4)CCN(Cc4cc(C)cc(P(C)(=O)O)n4)CC3)nc(P(C)(=O)O)c2)cc1)S(=O)(=O)O)S(=O)(=O)O. The highest BCUT2D eigenvalue weighted by atomic mass is 32.2. The Morgan fingerprint density at radius 2 is 1.02 bits per heavy atom. The number of rotatable bonds is 24. The Hall–Kier alpha value is -5.23. The Bertz CT molecular complexity index is 3230. The molecule has 25 nitrogen and oxygen atoms in total. The lowest BCUT2D eigenvalue weighted by molar-refractivity contribution is -0.122. The highest BCUT2D eigenvalue weighted by molar-refractivity contribution is 7.87. The minimum Gasteiger partial charge on any atom is -0.494 e. The molecular weight excluding hydrogens is 1140 g/mol. The number of hydrogen-bond acceptors (Lipinski definition) is 17. The van der Waals surface area contributed by atoms with Gasteiger partial charge < -0.3 is 35.4 Å². The van der Waals surface area contributed by atoms with Gasteiger partial charge in [0.05, 0.1) is 31.5 Å². The number of carbonyl (C=O) groups is 3. The monoisotopic (exact) mass is 1210 g/mol. The Labute approximate surface area is 467 Å². The fourth-order valence-electron chi connectivity index (χ4n) is 8.08. The molecule has 31 heteroatoms. The summed E-state index contributed by atoms with van der Waals surface area (Å²) in [4.78, 5) is 88.7. The molecule has 2 radical (unpaired) electrons. The number of carbonyl (C=O) groups excluding carboxylic acids is 3. The van der Waals surface area contributed by atoms with Gasteiger partial charge in [0.1, 0.15) is 22.1 Å². The van der Waals surface area contributed by atoms with Crippen molar-refractivity contribution in [2.24, 2.45) is 0 Å². The van der Waals surface area contributed by atoms with Crippen LogP contribution in [0.2, 0.25) is 6.32 Å². The lowest BCUT2D eigenvalue weighted by Gasteiger charge is -2.26. The number of aromatic nitrogens is 3. The number of ether oxygens (including phenoxy) is 1. The second-order valence-electron chi connectivity index (χ2n) is 19.5. The lowest BCUT2D eigenvalue weighted by atomic mass is 10.0. The van der Waals surface area contributed by atoms with Crippen molar-refractivity contribution in [1.82, 2.24) is 45.6 Å². The molecule has 1 fully saturated rings. The molecule has 1 aromatic carbocycles. The van der Waals surface area contributed by atoms with Gasteiger partial charge >= 0.3 is 0 Å². The van der Waals surface area contributed by atoms with E-state index in [1.807, 2.05) is 31.3 Å². The van der Waals surface area contributed by atoms with E-state index in [2.05, 4.69) is 52.1 Å². The number of amides is 3. The second kappa shape index (κ2) is 28.7. The van der Waals surface area contributed by atoms with E-state index in [0.717, 1.165) is 11.1 Å². The zero-order valence-electron chi connectivity index (χ0n) is 44.9. The quantitative estimate of drug-likeness (QED) is 0.0149. The van der Waals surface area contributed by atoms with E-state index in [1.165, 1.54) is 26.1 Å². The maximum absolute atomic E-state index is 13.1. The van der Waals surface area contributed by atoms with Crippen LogP contribution in [0, 0.1) is 25.7 Å². The first-order valence-corrected chi connectivity index (χ1v) is 34.3. The number of nitrogens with zero attached hydrogens (tertiary/aromatic N) is 6. The standard InChI is InChI=1S/C49H67BN9O16P3S2/c1-34-23-38(54-45(25-34)76(3,63)64)31-57-16-17-58(32-39-24-35(2)26-46(55-39)77(4,65)66)19-21-59(20-18-57)33-40-27-37(28-47(56-40)78(5,67)68)8-7-36-9-11-41(12-10-36)75-22-6-15-51-48(61)43(80(72,73)74)30-53-49(62)42(79(69,70)71)29-52-44(60)13-14-50/h9-12,23-28,42-43H,6,13-22,29-33H2,1-5H3,(H,51,61)(H,52,60)(H,53,62)(H,63,64)(H,65,66)(H,67,68)(H,69,70,71)(H,72,73,74). The number of benzene rings is 1. The molecule has 1 aliphatic heterocycles. The minimum atomic E-state index is -5.14. The van der Waals surface area contributed by atoms with Gasteiger partial charge in [0.2, 0.25) is 39.8 Å². The van der Waals surface area contributed by atoms with Crippen molar-refractivity contribution in [2.75, 3.05) is 85.5 Å². The first kappa shape index (κ1) is 65.6. The summed E-state index contributed by atoms with van der Waals surface area (Å²) in [7, 11) is -16.2. The molecule has 1 aliphatic rings. The highest BCUT2D eigenvalue weighted by Crippen LogP contribution is 2.35. The number of nitrogens with one attached hydrogen (secondary N) is 3. The highest BCUT2D eigenvalue weighted by Gasteiger charge is 2.36. The third kappa shape index (κ3) is 21.6. The van der Waals surface area contributed by atoms with Gasteiger partial charge in [-0.05, 0) is 92.1 Å². The third-order valence-corrected chi connectivity index (χ3v) is 17.7. The summed E-state index contributed by atoms with van der Waals surface area (Å²) in [5.74, 6) is 3.13. The average Bonchev–Trinajstić information content (AvgIpc) is 3.42. The van der Waals surface area contributed by atoms with Crippen LogP contribution in [0.15, 0.2) is 60.7 Å². The van der Waals surface area contributed by atoms with E-state index in [0.29, 0.717) is 86.3 Å². The lowest BCUT2D eigenvalue weighted by Crippen LogP contribution is -2.52. The molecule has 5 rings (SSSR count). The fourth-order valence-corrected chi connectivity index (χ4v) is 11.6.